The van der Waals surface area contributed by atoms with Crippen molar-refractivity contribution in [3.05, 3.63) is 60.2 Å². The first-order valence-electron chi connectivity index (χ1n) is 10.6. The molecule has 2 aliphatic rings. The molecule has 0 heterocycles. The van der Waals surface area contributed by atoms with Gasteiger partial charge in [0.15, 0.2) is 0 Å². The second-order valence-electron chi connectivity index (χ2n) is 8.42. The average molecular weight is 428 g/mol. The lowest BCUT2D eigenvalue weighted by Crippen LogP contribution is -2.36. The summed E-state index contributed by atoms with van der Waals surface area (Å²) in [7, 11) is -2.02. The summed E-state index contributed by atoms with van der Waals surface area (Å²) in [4.78, 5) is 15.0. The van der Waals surface area contributed by atoms with Crippen LogP contribution in [0, 0.1) is 5.92 Å². The fourth-order valence-electron chi connectivity index (χ4n) is 3.62. The summed E-state index contributed by atoms with van der Waals surface area (Å²) in [6, 6.07) is 16.5. The predicted octanol–water partition coefficient (Wildman–Crippen LogP) is 3.32. The second kappa shape index (κ2) is 8.88. The van der Waals surface area contributed by atoms with Gasteiger partial charge in [0.1, 0.15) is 0 Å². The molecule has 0 aromatic heterocycles. The Balaban J connectivity index is 1.35. The molecule has 2 aromatic rings. The van der Waals surface area contributed by atoms with Gasteiger partial charge in [-0.1, -0.05) is 30.3 Å². The standard InChI is InChI=1S/C23H29N3O3S/c1-25(15-18-5-3-2-4-6-18)30(28,29)22-13-9-20(10-14-22)24-23(27)17-26(21-11-12-21)16-19-7-8-19/h2-6,9-10,13-14,19,21H,7-8,11-12,15-17H2,1H3,(H,24,27). The molecule has 6 nitrogen and oxygen atoms in total. The van der Waals surface area contributed by atoms with Crippen LogP contribution >= 0.6 is 0 Å². The largest absolute Gasteiger partial charge is 0.325 e. The van der Waals surface area contributed by atoms with Crippen LogP contribution in [0.1, 0.15) is 31.2 Å². The Labute approximate surface area is 178 Å². The van der Waals surface area contributed by atoms with Crippen molar-refractivity contribution in [3.63, 3.8) is 0 Å². The van der Waals surface area contributed by atoms with Gasteiger partial charge in [0.2, 0.25) is 15.9 Å². The van der Waals surface area contributed by atoms with Crippen LogP contribution in [0.4, 0.5) is 5.69 Å². The molecule has 0 aliphatic heterocycles. The quantitative estimate of drug-likeness (QED) is 0.632. The highest BCUT2D eigenvalue weighted by Crippen LogP contribution is 2.34. The Morgan fingerprint density at radius 1 is 1.00 bits per heavy atom. The number of hydrogen-bond donors (Lipinski definition) is 1. The highest BCUT2D eigenvalue weighted by molar-refractivity contribution is 7.89. The zero-order chi connectivity index (χ0) is 21.1. The maximum Gasteiger partial charge on any atom is 0.243 e. The van der Waals surface area contributed by atoms with Crippen LogP contribution < -0.4 is 5.32 Å². The van der Waals surface area contributed by atoms with E-state index in [2.05, 4.69) is 10.2 Å². The zero-order valence-corrected chi connectivity index (χ0v) is 18.1. The number of hydrogen-bond acceptors (Lipinski definition) is 4. The van der Waals surface area contributed by atoms with Gasteiger partial charge in [-0.25, -0.2) is 8.42 Å². The van der Waals surface area contributed by atoms with E-state index < -0.39 is 10.0 Å². The molecule has 0 unspecified atom stereocenters. The van der Waals surface area contributed by atoms with Gasteiger partial charge in [-0.05, 0) is 61.4 Å². The number of anilines is 1. The van der Waals surface area contributed by atoms with Gasteiger partial charge in [-0.15, -0.1) is 0 Å². The first-order chi connectivity index (χ1) is 14.4. The summed E-state index contributed by atoms with van der Waals surface area (Å²) in [6.45, 7) is 1.73. The molecule has 0 spiro atoms. The molecule has 160 valence electrons. The van der Waals surface area contributed by atoms with Crippen molar-refractivity contribution < 1.29 is 13.2 Å². The molecule has 2 fully saturated rings. The van der Waals surface area contributed by atoms with Crippen molar-refractivity contribution in [2.24, 2.45) is 5.92 Å². The maximum atomic E-state index is 12.8. The van der Waals surface area contributed by atoms with Crippen LogP contribution in [0.25, 0.3) is 0 Å². The van der Waals surface area contributed by atoms with Crippen molar-refractivity contribution >= 4 is 21.6 Å². The van der Waals surface area contributed by atoms with E-state index in [4.69, 9.17) is 0 Å². The van der Waals surface area contributed by atoms with Gasteiger partial charge in [0, 0.05) is 31.9 Å². The van der Waals surface area contributed by atoms with E-state index in [1.165, 1.54) is 30.0 Å². The van der Waals surface area contributed by atoms with Crippen molar-refractivity contribution in [3.8, 4) is 0 Å². The van der Waals surface area contributed by atoms with E-state index in [-0.39, 0.29) is 10.8 Å². The molecule has 0 atom stereocenters. The van der Waals surface area contributed by atoms with E-state index in [0.29, 0.717) is 24.8 Å². The van der Waals surface area contributed by atoms with E-state index in [0.717, 1.165) is 18.0 Å². The first kappa shape index (κ1) is 21.0. The van der Waals surface area contributed by atoms with Crippen LogP contribution in [0.5, 0.6) is 0 Å². The third-order valence-electron chi connectivity index (χ3n) is 5.69. The molecular formula is C23H29N3O3S. The Hall–Kier alpha value is -2.22. The third-order valence-corrected chi connectivity index (χ3v) is 7.51. The molecule has 1 N–H and O–H groups in total. The monoisotopic (exact) mass is 427 g/mol. The Kier molecular flexibility index (Phi) is 6.22. The number of nitrogens with one attached hydrogen (secondary N) is 1. The van der Waals surface area contributed by atoms with Crippen molar-refractivity contribution in [2.75, 3.05) is 25.5 Å². The summed E-state index contributed by atoms with van der Waals surface area (Å²) in [5.74, 6) is 0.718. The smallest absolute Gasteiger partial charge is 0.243 e. The number of carbonyl (C=O) groups excluding carboxylic acids is 1. The second-order valence-corrected chi connectivity index (χ2v) is 10.5. The molecule has 0 radical (unpaired) electrons. The van der Waals surface area contributed by atoms with E-state index >= 15 is 0 Å². The van der Waals surface area contributed by atoms with E-state index in [9.17, 15) is 13.2 Å². The molecule has 0 saturated heterocycles. The molecule has 2 saturated carbocycles. The van der Waals surface area contributed by atoms with Gasteiger partial charge in [-0.2, -0.15) is 4.31 Å². The number of rotatable bonds is 10. The third kappa shape index (κ3) is 5.47. The normalized spacial score (nSPS) is 16.8. The highest BCUT2D eigenvalue weighted by atomic mass is 32.2. The fraction of sp³-hybridized carbons (Fsp3) is 0.435. The SMILES string of the molecule is CN(Cc1ccccc1)S(=O)(=O)c1ccc(NC(=O)CN(CC2CC2)C2CC2)cc1. The predicted molar refractivity (Wildman–Crippen MR) is 117 cm³/mol. The minimum atomic E-state index is -3.60. The van der Waals surface area contributed by atoms with Crippen molar-refractivity contribution in [1.29, 1.82) is 0 Å². The lowest BCUT2D eigenvalue weighted by molar-refractivity contribution is -0.117. The van der Waals surface area contributed by atoms with Crippen LogP contribution in [0.15, 0.2) is 59.5 Å². The molecular weight excluding hydrogens is 398 g/mol. The summed E-state index contributed by atoms with van der Waals surface area (Å²) in [6.07, 6.45) is 4.92. The van der Waals surface area contributed by atoms with Gasteiger partial charge in [0.05, 0.1) is 11.4 Å². The van der Waals surface area contributed by atoms with Gasteiger partial charge in [-0.3, -0.25) is 9.69 Å². The average Bonchev–Trinajstić information content (AvgIpc) is 3.62. The summed E-state index contributed by atoms with van der Waals surface area (Å²) in [5.41, 5.74) is 1.55. The Bertz CT molecular complexity index is 969. The molecule has 30 heavy (non-hydrogen) atoms. The summed E-state index contributed by atoms with van der Waals surface area (Å²) < 4.78 is 27.0. The molecule has 4 rings (SSSR count). The van der Waals surface area contributed by atoms with Gasteiger partial charge >= 0.3 is 0 Å². The first-order valence-corrected chi connectivity index (χ1v) is 12.0. The summed E-state index contributed by atoms with van der Waals surface area (Å²) in [5, 5.41) is 2.91. The number of nitrogens with zero attached hydrogens (tertiary/aromatic N) is 2. The minimum absolute atomic E-state index is 0.0423. The highest BCUT2D eigenvalue weighted by Gasteiger charge is 2.34. The van der Waals surface area contributed by atoms with Crippen LogP contribution in [0.2, 0.25) is 0 Å². The van der Waals surface area contributed by atoms with E-state index in [1.807, 2.05) is 30.3 Å². The van der Waals surface area contributed by atoms with E-state index in [1.54, 1.807) is 31.3 Å². The molecule has 1 amide bonds. The number of sulfonamides is 1. The Morgan fingerprint density at radius 2 is 1.67 bits per heavy atom. The topological polar surface area (TPSA) is 69.7 Å². The lowest BCUT2D eigenvalue weighted by Gasteiger charge is -2.21. The molecule has 2 aliphatic carbocycles. The number of carbonyl (C=O) groups is 1. The van der Waals surface area contributed by atoms with Crippen molar-refractivity contribution in [2.45, 2.75) is 43.2 Å². The zero-order valence-electron chi connectivity index (χ0n) is 17.3. The fourth-order valence-corrected chi connectivity index (χ4v) is 4.77. The minimum Gasteiger partial charge on any atom is -0.325 e. The number of amides is 1. The molecule has 7 heteroatoms. The van der Waals surface area contributed by atoms with Crippen LogP contribution in [-0.2, 0) is 21.4 Å². The van der Waals surface area contributed by atoms with Gasteiger partial charge < -0.3 is 5.32 Å². The van der Waals surface area contributed by atoms with Gasteiger partial charge in [0.25, 0.3) is 0 Å². The van der Waals surface area contributed by atoms with Crippen LogP contribution in [0.3, 0.4) is 0 Å². The van der Waals surface area contributed by atoms with Crippen LogP contribution in [-0.4, -0.2) is 49.7 Å². The molecule has 2 aromatic carbocycles. The Morgan fingerprint density at radius 3 is 2.27 bits per heavy atom. The van der Waals surface area contributed by atoms with Crippen molar-refractivity contribution in [1.82, 2.24) is 9.21 Å². The lowest BCUT2D eigenvalue weighted by atomic mass is 10.2. The summed E-state index contributed by atoms with van der Waals surface area (Å²) >= 11 is 0. The maximum absolute atomic E-state index is 12.8. The number of benzene rings is 2. The molecule has 0 bridgehead atoms.